The third-order valence-electron chi connectivity index (χ3n) is 4.68. The van der Waals surface area contributed by atoms with Gasteiger partial charge >= 0.3 is 0 Å². The molecule has 0 aromatic heterocycles. The van der Waals surface area contributed by atoms with Crippen LogP contribution in [0.4, 0.5) is 11.4 Å². The predicted molar refractivity (Wildman–Crippen MR) is 108 cm³/mol. The fourth-order valence-corrected chi connectivity index (χ4v) is 3.05. The van der Waals surface area contributed by atoms with Crippen molar-refractivity contribution >= 4 is 23.7 Å². The second-order valence-electron chi connectivity index (χ2n) is 6.66. The van der Waals surface area contributed by atoms with Crippen LogP contribution in [0, 0.1) is 6.92 Å². The highest BCUT2D eigenvalue weighted by molar-refractivity contribution is 5.94. The van der Waals surface area contributed by atoms with Crippen molar-refractivity contribution in [3.8, 4) is 11.5 Å². The zero-order valence-corrected chi connectivity index (χ0v) is 16.2. The molecular formula is C21H25N3O4. The molecule has 7 nitrogen and oxygen atoms in total. The van der Waals surface area contributed by atoms with E-state index in [1.807, 2.05) is 49.4 Å². The Morgan fingerprint density at radius 1 is 1.11 bits per heavy atom. The molecular weight excluding hydrogens is 358 g/mol. The second kappa shape index (κ2) is 9.12. The van der Waals surface area contributed by atoms with E-state index in [-0.39, 0.29) is 12.5 Å². The van der Waals surface area contributed by atoms with Crippen molar-refractivity contribution in [3.05, 3.63) is 48.0 Å². The number of nitrogens with zero attached hydrogens (tertiary/aromatic N) is 2. The molecule has 0 saturated carbocycles. The third kappa shape index (κ3) is 4.94. The molecule has 2 aromatic carbocycles. The van der Waals surface area contributed by atoms with Gasteiger partial charge in [0, 0.05) is 31.9 Å². The van der Waals surface area contributed by atoms with Gasteiger partial charge in [-0.25, -0.2) is 0 Å². The molecule has 3 rings (SSSR count). The Labute approximate surface area is 164 Å². The molecule has 28 heavy (non-hydrogen) atoms. The number of benzene rings is 2. The van der Waals surface area contributed by atoms with Crippen molar-refractivity contribution in [2.24, 2.45) is 0 Å². The Balaban J connectivity index is 1.63. The molecule has 148 valence electrons. The lowest BCUT2D eigenvalue weighted by molar-refractivity contribution is -0.119. The van der Waals surface area contributed by atoms with Crippen molar-refractivity contribution in [1.82, 2.24) is 4.90 Å². The molecule has 1 fully saturated rings. The van der Waals surface area contributed by atoms with Gasteiger partial charge in [0.25, 0.3) is 5.91 Å². The minimum atomic E-state index is -0.262. The van der Waals surface area contributed by atoms with Gasteiger partial charge in [0.1, 0.15) is 11.5 Å². The Morgan fingerprint density at radius 3 is 2.46 bits per heavy atom. The number of hydrogen-bond acceptors (Lipinski definition) is 5. The number of hydrogen-bond donors (Lipinski definition) is 1. The molecule has 1 aliphatic rings. The summed E-state index contributed by atoms with van der Waals surface area (Å²) in [6.07, 6.45) is 0.880. The molecule has 0 radical (unpaired) electrons. The normalized spacial score (nSPS) is 13.8. The van der Waals surface area contributed by atoms with Gasteiger partial charge in [-0.3, -0.25) is 9.59 Å². The Hall–Kier alpha value is -3.22. The molecule has 2 amide bonds. The lowest BCUT2D eigenvalue weighted by atomic mass is 10.2. The summed E-state index contributed by atoms with van der Waals surface area (Å²) in [6.45, 7) is 4.76. The lowest BCUT2D eigenvalue weighted by Crippen LogP contribution is -2.45. The summed E-state index contributed by atoms with van der Waals surface area (Å²) >= 11 is 0. The summed E-state index contributed by atoms with van der Waals surface area (Å²) in [6, 6.07) is 13.2. The van der Waals surface area contributed by atoms with E-state index in [4.69, 9.17) is 9.47 Å². The summed E-state index contributed by atoms with van der Waals surface area (Å²) in [4.78, 5) is 27.1. The van der Waals surface area contributed by atoms with Crippen molar-refractivity contribution < 1.29 is 19.1 Å². The molecule has 1 N–H and O–H groups in total. The van der Waals surface area contributed by atoms with Crippen LogP contribution in [0.3, 0.4) is 0 Å². The van der Waals surface area contributed by atoms with Crippen molar-refractivity contribution in [2.75, 3.05) is 50.1 Å². The number of nitrogens with one attached hydrogen (secondary N) is 1. The van der Waals surface area contributed by atoms with E-state index >= 15 is 0 Å². The minimum Gasteiger partial charge on any atom is -0.495 e. The Kier molecular flexibility index (Phi) is 6.37. The molecule has 1 aliphatic heterocycles. The highest BCUT2D eigenvalue weighted by Gasteiger charge is 2.18. The summed E-state index contributed by atoms with van der Waals surface area (Å²) < 4.78 is 10.9. The topological polar surface area (TPSA) is 71.1 Å². The van der Waals surface area contributed by atoms with Gasteiger partial charge in [0.15, 0.2) is 6.61 Å². The van der Waals surface area contributed by atoms with Gasteiger partial charge in [-0.15, -0.1) is 0 Å². The summed E-state index contributed by atoms with van der Waals surface area (Å²) in [5.41, 5.74) is 2.70. The average Bonchev–Trinajstić information content (AvgIpc) is 2.73. The summed E-state index contributed by atoms with van der Waals surface area (Å²) in [7, 11) is 1.57. The lowest BCUT2D eigenvalue weighted by Gasteiger charge is -2.34. The van der Waals surface area contributed by atoms with Crippen molar-refractivity contribution in [3.63, 3.8) is 0 Å². The standard InChI is InChI=1S/C21H25N3O4/c1-16-3-6-18(7-4-16)28-14-21(26)22-19-13-17(5-8-20(19)27-2)24-11-9-23(15-25)10-12-24/h3-8,13,15H,9-12,14H2,1-2H3,(H,22,26). The van der Waals surface area contributed by atoms with Crippen LogP contribution < -0.4 is 19.7 Å². The molecule has 0 spiro atoms. The molecule has 0 aliphatic carbocycles. The zero-order chi connectivity index (χ0) is 19.9. The predicted octanol–water partition coefficient (Wildman–Crippen LogP) is 2.30. The second-order valence-corrected chi connectivity index (χ2v) is 6.66. The molecule has 0 bridgehead atoms. The maximum Gasteiger partial charge on any atom is 0.262 e. The summed E-state index contributed by atoms with van der Waals surface area (Å²) in [5.74, 6) is 0.968. The number of methoxy groups -OCH3 is 1. The largest absolute Gasteiger partial charge is 0.495 e. The average molecular weight is 383 g/mol. The number of amides is 2. The van der Waals surface area contributed by atoms with E-state index in [0.29, 0.717) is 30.3 Å². The first kappa shape index (κ1) is 19.5. The van der Waals surface area contributed by atoms with Crippen molar-refractivity contribution in [1.29, 1.82) is 0 Å². The van der Waals surface area contributed by atoms with E-state index in [1.54, 1.807) is 12.0 Å². The maximum absolute atomic E-state index is 12.3. The van der Waals surface area contributed by atoms with Crippen LogP contribution in [0.25, 0.3) is 0 Å². The van der Waals surface area contributed by atoms with Gasteiger partial charge in [-0.05, 0) is 37.3 Å². The fraction of sp³-hybridized carbons (Fsp3) is 0.333. The number of rotatable bonds is 7. The van der Waals surface area contributed by atoms with Gasteiger partial charge in [0.05, 0.1) is 12.8 Å². The Morgan fingerprint density at radius 2 is 1.82 bits per heavy atom. The number of ether oxygens (including phenoxy) is 2. The fourth-order valence-electron chi connectivity index (χ4n) is 3.05. The Bertz CT molecular complexity index is 815. The zero-order valence-electron chi connectivity index (χ0n) is 16.2. The van der Waals surface area contributed by atoms with E-state index in [9.17, 15) is 9.59 Å². The monoisotopic (exact) mass is 383 g/mol. The first-order valence-electron chi connectivity index (χ1n) is 9.20. The molecule has 0 atom stereocenters. The van der Waals surface area contributed by atoms with Crippen LogP contribution in [-0.2, 0) is 9.59 Å². The van der Waals surface area contributed by atoms with Gasteiger partial charge < -0.3 is 24.6 Å². The SMILES string of the molecule is COc1ccc(N2CCN(C=O)CC2)cc1NC(=O)COc1ccc(C)cc1. The van der Waals surface area contributed by atoms with Crippen LogP contribution in [-0.4, -0.2) is 57.1 Å². The smallest absolute Gasteiger partial charge is 0.262 e. The third-order valence-corrected chi connectivity index (χ3v) is 4.68. The quantitative estimate of drug-likeness (QED) is 0.743. The molecule has 2 aromatic rings. The minimum absolute atomic E-state index is 0.0888. The van der Waals surface area contributed by atoms with Crippen LogP contribution in [0.5, 0.6) is 11.5 Å². The van der Waals surface area contributed by atoms with Crippen LogP contribution in [0.15, 0.2) is 42.5 Å². The van der Waals surface area contributed by atoms with Crippen LogP contribution in [0.1, 0.15) is 5.56 Å². The first-order valence-corrected chi connectivity index (χ1v) is 9.20. The van der Waals surface area contributed by atoms with E-state index in [0.717, 1.165) is 30.8 Å². The number of anilines is 2. The van der Waals surface area contributed by atoms with Gasteiger partial charge in [-0.1, -0.05) is 17.7 Å². The highest BCUT2D eigenvalue weighted by atomic mass is 16.5. The van der Waals surface area contributed by atoms with Crippen LogP contribution in [0.2, 0.25) is 0 Å². The molecule has 1 saturated heterocycles. The van der Waals surface area contributed by atoms with E-state index in [1.165, 1.54) is 0 Å². The highest BCUT2D eigenvalue weighted by Crippen LogP contribution is 2.30. The molecule has 7 heteroatoms. The summed E-state index contributed by atoms with van der Waals surface area (Å²) in [5, 5.41) is 2.86. The first-order chi connectivity index (χ1) is 13.6. The van der Waals surface area contributed by atoms with Crippen LogP contribution >= 0.6 is 0 Å². The number of carbonyl (C=O) groups excluding carboxylic acids is 2. The number of carbonyl (C=O) groups is 2. The van der Waals surface area contributed by atoms with Gasteiger partial charge in [-0.2, -0.15) is 0 Å². The molecule has 0 unspecified atom stereocenters. The number of aryl methyl sites for hydroxylation is 1. The van der Waals surface area contributed by atoms with Gasteiger partial charge in [0.2, 0.25) is 6.41 Å². The number of piperazine rings is 1. The maximum atomic E-state index is 12.3. The van der Waals surface area contributed by atoms with Crippen molar-refractivity contribution in [2.45, 2.75) is 6.92 Å². The van der Waals surface area contributed by atoms with E-state index < -0.39 is 0 Å². The molecule has 1 heterocycles. The van der Waals surface area contributed by atoms with E-state index in [2.05, 4.69) is 10.2 Å².